The molecule has 2 amide bonds. The first-order chi connectivity index (χ1) is 8.09. The first kappa shape index (κ1) is 16.9. The summed E-state index contributed by atoms with van der Waals surface area (Å²) >= 11 is 0. The lowest BCUT2D eigenvalue weighted by Crippen LogP contribution is -2.55. The van der Waals surface area contributed by atoms with Crippen molar-refractivity contribution in [1.29, 1.82) is 0 Å². The molecule has 0 fully saturated rings. The van der Waals surface area contributed by atoms with Crippen molar-refractivity contribution >= 4 is 11.8 Å². The number of nitrogens with one attached hydrogen (secondary N) is 2. The fourth-order valence-corrected chi connectivity index (χ4v) is 1.53. The first-order valence-electron chi connectivity index (χ1n) is 6.37. The number of carbonyl (C=O) groups is 2. The summed E-state index contributed by atoms with van der Waals surface area (Å²) < 4.78 is 0. The maximum Gasteiger partial charge on any atom is 0.242 e. The number of hydrogen-bond donors (Lipinski definition) is 3. The Morgan fingerprint density at radius 1 is 1.17 bits per heavy atom. The van der Waals surface area contributed by atoms with Gasteiger partial charge in [0.25, 0.3) is 0 Å². The molecule has 0 radical (unpaired) electrons. The van der Waals surface area contributed by atoms with Crippen LogP contribution in [0.2, 0.25) is 0 Å². The molecular weight excluding hydrogens is 230 g/mol. The van der Waals surface area contributed by atoms with Crippen LogP contribution in [-0.4, -0.2) is 30.9 Å². The monoisotopic (exact) mass is 257 g/mol. The first-order valence-corrected chi connectivity index (χ1v) is 6.37. The Balaban J connectivity index is 4.68. The van der Waals surface area contributed by atoms with Crippen molar-refractivity contribution < 1.29 is 9.59 Å². The molecule has 106 valence electrons. The Labute approximate surface area is 110 Å². The minimum atomic E-state index is -0.628. The summed E-state index contributed by atoms with van der Waals surface area (Å²) in [5, 5.41) is 5.29. The summed E-state index contributed by atoms with van der Waals surface area (Å²) in [6.07, 6.45) is 0.599. The highest BCUT2D eigenvalue weighted by Gasteiger charge is 2.30. The number of likely N-dealkylation sites (N-methyl/N-ethyl adjacent to an activating group) is 1. The van der Waals surface area contributed by atoms with Gasteiger partial charge in [0.15, 0.2) is 0 Å². The van der Waals surface area contributed by atoms with E-state index in [-0.39, 0.29) is 17.2 Å². The fourth-order valence-electron chi connectivity index (χ4n) is 1.53. The van der Waals surface area contributed by atoms with E-state index in [4.69, 9.17) is 5.73 Å². The molecule has 18 heavy (non-hydrogen) atoms. The normalized spacial score (nSPS) is 15.1. The molecule has 0 aromatic heterocycles. The molecule has 2 atom stereocenters. The Bertz CT molecular complexity index is 295. The Hall–Kier alpha value is -1.10. The topological polar surface area (TPSA) is 84.2 Å². The zero-order valence-corrected chi connectivity index (χ0v) is 12.3. The lowest BCUT2D eigenvalue weighted by atomic mass is 9.86. The molecular formula is C13H27N3O2. The highest BCUT2D eigenvalue weighted by molar-refractivity contribution is 5.89. The maximum atomic E-state index is 12.0. The number of rotatable bonds is 5. The minimum absolute atomic E-state index is 0.182. The van der Waals surface area contributed by atoms with Crippen molar-refractivity contribution in [3.05, 3.63) is 0 Å². The van der Waals surface area contributed by atoms with Crippen LogP contribution in [0.5, 0.6) is 0 Å². The highest BCUT2D eigenvalue weighted by atomic mass is 16.2. The Kier molecular flexibility index (Phi) is 6.32. The van der Waals surface area contributed by atoms with Crippen LogP contribution in [0.15, 0.2) is 0 Å². The second kappa shape index (κ2) is 6.73. The summed E-state index contributed by atoms with van der Waals surface area (Å²) in [5.41, 5.74) is 5.55. The standard InChI is InChI=1S/C13H27N3O2/c1-8(2)7-9(11(17)15-6)16-12(18)10(14)13(3,4)5/h8-10H,7,14H2,1-6H3,(H,15,17)(H,16,18)/t9?,10-/m1/s1. The molecule has 5 heteroatoms. The summed E-state index contributed by atoms with van der Waals surface area (Å²) in [5.74, 6) is -0.145. The van der Waals surface area contributed by atoms with E-state index in [0.717, 1.165) is 0 Å². The van der Waals surface area contributed by atoms with E-state index in [1.54, 1.807) is 7.05 Å². The molecule has 4 N–H and O–H groups in total. The molecule has 0 rings (SSSR count). The van der Waals surface area contributed by atoms with Gasteiger partial charge in [0.1, 0.15) is 6.04 Å². The van der Waals surface area contributed by atoms with E-state index < -0.39 is 12.1 Å². The second-order valence-corrected chi connectivity index (χ2v) is 6.15. The van der Waals surface area contributed by atoms with Gasteiger partial charge in [0.2, 0.25) is 11.8 Å². The zero-order chi connectivity index (χ0) is 14.5. The molecule has 0 bridgehead atoms. The van der Waals surface area contributed by atoms with Gasteiger partial charge in [-0.15, -0.1) is 0 Å². The largest absolute Gasteiger partial charge is 0.357 e. The average Bonchev–Trinajstić information content (AvgIpc) is 2.23. The van der Waals surface area contributed by atoms with E-state index in [9.17, 15) is 9.59 Å². The predicted octanol–water partition coefficient (Wildman–Crippen LogP) is 0.637. The number of nitrogens with two attached hydrogens (primary N) is 1. The van der Waals surface area contributed by atoms with Gasteiger partial charge < -0.3 is 16.4 Å². The van der Waals surface area contributed by atoms with Gasteiger partial charge >= 0.3 is 0 Å². The van der Waals surface area contributed by atoms with Gasteiger partial charge in [0.05, 0.1) is 6.04 Å². The summed E-state index contributed by atoms with van der Waals surface area (Å²) in [6.45, 7) is 9.70. The third-order valence-electron chi connectivity index (χ3n) is 2.80. The quantitative estimate of drug-likeness (QED) is 0.675. The number of carbonyl (C=O) groups excluding carboxylic acids is 2. The van der Waals surface area contributed by atoms with Crippen LogP contribution in [0.4, 0.5) is 0 Å². The van der Waals surface area contributed by atoms with E-state index >= 15 is 0 Å². The van der Waals surface area contributed by atoms with Gasteiger partial charge in [-0.05, 0) is 17.8 Å². The SMILES string of the molecule is CNC(=O)C(CC(C)C)NC(=O)[C@@H](N)C(C)(C)C. The lowest BCUT2D eigenvalue weighted by molar-refractivity contribution is -0.131. The molecule has 0 aromatic carbocycles. The highest BCUT2D eigenvalue weighted by Crippen LogP contribution is 2.17. The molecule has 0 aliphatic carbocycles. The predicted molar refractivity (Wildman–Crippen MR) is 72.9 cm³/mol. The van der Waals surface area contributed by atoms with Crippen molar-refractivity contribution in [2.45, 2.75) is 53.1 Å². The third kappa shape index (κ3) is 5.49. The molecule has 0 aliphatic heterocycles. The summed E-state index contributed by atoms with van der Waals surface area (Å²) in [4.78, 5) is 23.7. The van der Waals surface area contributed by atoms with E-state index in [2.05, 4.69) is 10.6 Å². The molecule has 0 aliphatic rings. The molecule has 1 unspecified atom stereocenters. The van der Waals surface area contributed by atoms with Gasteiger partial charge in [-0.2, -0.15) is 0 Å². The summed E-state index contributed by atoms with van der Waals surface area (Å²) in [7, 11) is 1.56. The molecule has 0 aromatic rings. The van der Waals surface area contributed by atoms with Crippen molar-refractivity contribution in [2.24, 2.45) is 17.1 Å². The third-order valence-corrected chi connectivity index (χ3v) is 2.80. The van der Waals surface area contributed by atoms with Gasteiger partial charge in [0, 0.05) is 7.05 Å². The maximum absolute atomic E-state index is 12.0. The van der Waals surface area contributed by atoms with Gasteiger partial charge in [-0.25, -0.2) is 0 Å². The zero-order valence-electron chi connectivity index (χ0n) is 12.3. The Morgan fingerprint density at radius 3 is 2.00 bits per heavy atom. The van der Waals surface area contributed by atoms with Gasteiger partial charge in [-0.3, -0.25) is 9.59 Å². The number of hydrogen-bond acceptors (Lipinski definition) is 3. The minimum Gasteiger partial charge on any atom is -0.357 e. The van der Waals surface area contributed by atoms with E-state index in [1.807, 2.05) is 34.6 Å². The molecule has 0 saturated heterocycles. The van der Waals surface area contributed by atoms with Crippen LogP contribution in [0.1, 0.15) is 41.0 Å². The fraction of sp³-hybridized carbons (Fsp3) is 0.846. The smallest absolute Gasteiger partial charge is 0.242 e. The van der Waals surface area contributed by atoms with Crippen molar-refractivity contribution in [2.75, 3.05) is 7.05 Å². The molecule has 0 spiro atoms. The lowest BCUT2D eigenvalue weighted by Gasteiger charge is -2.28. The average molecular weight is 257 g/mol. The second-order valence-electron chi connectivity index (χ2n) is 6.15. The molecule has 5 nitrogen and oxygen atoms in total. The van der Waals surface area contributed by atoms with Crippen LogP contribution in [0.25, 0.3) is 0 Å². The van der Waals surface area contributed by atoms with E-state index in [1.165, 1.54) is 0 Å². The van der Waals surface area contributed by atoms with Crippen LogP contribution in [-0.2, 0) is 9.59 Å². The van der Waals surface area contributed by atoms with E-state index in [0.29, 0.717) is 12.3 Å². The van der Waals surface area contributed by atoms with Crippen LogP contribution in [0, 0.1) is 11.3 Å². The van der Waals surface area contributed by atoms with Crippen LogP contribution in [0.3, 0.4) is 0 Å². The van der Waals surface area contributed by atoms with Crippen molar-refractivity contribution in [3.8, 4) is 0 Å². The number of amides is 2. The Morgan fingerprint density at radius 2 is 1.67 bits per heavy atom. The molecule has 0 heterocycles. The van der Waals surface area contributed by atoms with Crippen LogP contribution < -0.4 is 16.4 Å². The molecule has 0 saturated carbocycles. The van der Waals surface area contributed by atoms with Crippen molar-refractivity contribution in [3.63, 3.8) is 0 Å². The summed E-state index contributed by atoms with van der Waals surface area (Å²) in [6, 6.07) is -1.15. The van der Waals surface area contributed by atoms with Gasteiger partial charge in [-0.1, -0.05) is 34.6 Å². The van der Waals surface area contributed by atoms with Crippen molar-refractivity contribution in [1.82, 2.24) is 10.6 Å². The van der Waals surface area contributed by atoms with Crippen LogP contribution >= 0.6 is 0 Å².